The van der Waals surface area contributed by atoms with Crippen LogP contribution in [0.5, 0.6) is 5.75 Å². The van der Waals surface area contributed by atoms with Gasteiger partial charge in [0.2, 0.25) is 5.91 Å². The van der Waals surface area contributed by atoms with Crippen molar-refractivity contribution in [2.24, 2.45) is 16.9 Å². The highest BCUT2D eigenvalue weighted by atomic mass is 16.6. The van der Waals surface area contributed by atoms with E-state index in [9.17, 15) is 14.7 Å². The molecule has 3 fully saturated rings. The largest absolute Gasteiger partial charge is 0.495 e. The maximum Gasteiger partial charge on any atom is 0.410 e. The van der Waals surface area contributed by atoms with E-state index in [1.807, 2.05) is 30.3 Å². The van der Waals surface area contributed by atoms with Crippen molar-refractivity contribution in [2.45, 2.75) is 115 Å². The van der Waals surface area contributed by atoms with Crippen molar-refractivity contribution in [2.75, 3.05) is 38.3 Å². The molecule has 4 heterocycles. The Morgan fingerprint density at radius 3 is 2.43 bits per heavy atom. The van der Waals surface area contributed by atoms with Crippen LogP contribution in [0, 0.1) is 18.8 Å². The van der Waals surface area contributed by atoms with Crippen LogP contribution >= 0.6 is 0 Å². The molecule has 2 aliphatic carbocycles. The molecule has 2 aliphatic heterocycles. The Balaban J connectivity index is 1.15. The summed E-state index contributed by atoms with van der Waals surface area (Å²) in [6.07, 6.45) is 10.8. The number of hydrogen-bond donors (Lipinski definition) is 1. The quantitative estimate of drug-likeness (QED) is 0.334. The van der Waals surface area contributed by atoms with Gasteiger partial charge in [0.1, 0.15) is 17.7 Å². The smallest absolute Gasteiger partial charge is 0.410 e. The van der Waals surface area contributed by atoms with Crippen molar-refractivity contribution in [3.8, 4) is 5.75 Å². The van der Waals surface area contributed by atoms with E-state index in [0.29, 0.717) is 62.5 Å². The van der Waals surface area contributed by atoms with E-state index in [1.165, 1.54) is 0 Å². The number of ether oxygens (including phenoxy) is 2. The molecule has 4 aliphatic rings. The Bertz CT molecular complexity index is 1500. The fourth-order valence-electron chi connectivity index (χ4n) is 7.96. The summed E-state index contributed by atoms with van der Waals surface area (Å²) in [6, 6.07) is 8.43. The second-order valence-electron chi connectivity index (χ2n) is 15.1. The minimum atomic E-state index is -0.349. The number of aliphatic hydroxyl groups is 1. The van der Waals surface area contributed by atoms with Crippen LogP contribution in [-0.4, -0.2) is 94.7 Å². The topological polar surface area (TPSA) is 121 Å². The fourth-order valence-corrected chi connectivity index (χ4v) is 7.96. The number of likely N-dealkylation sites (tertiary alicyclic amines) is 1. The van der Waals surface area contributed by atoms with Crippen molar-refractivity contribution in [3.05, 3.63) is 47.4 Å². The molecule has 2 atom stereocenters. The molecule has 2 saturated carbocycles. The SMILES string of the molecule is COc1ccc(C2CCC(CN(C(=O)C3CCC(OC(=O)N4CCC4CO)CC3)c3cc(C4(C)C=NN(C(C)C)C4)ccn3)CC2)nc1C. The molecule has 2 unspecified atom stereocenters. The van der Waals surface area contributed by atoms with Gasteiger partial charge in [0.15, 0.2) is 0 Å². The number of carbonyl (C=O) groups is 2. The van der Waals surface area contributed by atoms with Gasteiger partial charge < -0.3 is 19.5 Å². The van der Waals surface area contributed by atoms with Gasteiger partial charge in [-0.05, 0) is 121 Å². The first-order valence-electron chi connectivity index (χ1n) is 18.3. The summed E-state index contributed by atoms with van der Waals surface area (Å²) in [4.78, 5) is 40.4. The monoisotopic (exact) mass is 674 g/mol. The van der Waals surface area contributed by atoms with Crippen molar-refractivity contribution in [1.29, 1.82) is 0 Å². The summed E-state index contributed by atoms with van der Waals surface area (Å²) in [5.74, 6) is 2.24. The predicted octanol–water partition coefficient (Wildman–Crippen LogP) is 5.83. The Morgan fingerprint density at radius 2 is 1.82 bits per heavy atom. The van der Waals surface area contributed by atoms with Crippen LogP contribution in [0.4, 0.5) is 10.6 Å². The molecule has 11 heteroatoms. The van der Waals surface area contributed by atoms with Gasteiger partial charge in [-0.25, -0.2) is 9.78 Å². The molecule has 49 heavy (non-hydrogen) atoms. The lowest BCUT2D eigenvalue weighted by molar-refractivity contribution is -0.124. The lowest BCUT2D eigenvalue weighted by Gasteiger charge is -2.40. The van der Waals surface area contributed by atoms with E-state index in [4.69, 9.17) is 19.4 Å². The van der Waals surface area contributed by atoms with Crippen LogP contribution in [-0.2, 0) is 14.9 Å². The maximum atomic E-state index is 14.5. The molecule has 2 amide bonds. The van der Waals surface area contributed by atoms with Crippen molar-refractivity contribution in [3.63, 3.8) is 0 Å². The van der Waals surface area contributed by atoms with E-state index < -0.39 is 0 Å². The summed E-state index contributed by atoms with van der Waals surface area (Å²) in [7, 11) is 1.68. The Hall–Kier alpha value is -3.73. The molecule has 0 aromatic carbocycles. The zero-order valence-electron chi connectivity index (χ0n) is 29.9. The summed E-state index contributed by atoms with van der Waals surface area (Å²) < 4.78 is 11.2. The molecule has 2 aromatic rings. The third kappa shape index (κ3) is 7.71. The summed E-state index contributed by atoms with van der Waals surface area (Å²) >= 11 is 0. The average molecular weight is 675 g/mol. The standard InChI is InChI=1S/C38H54N6O5/c1-25(2)44-24-38(4,23-40-44)30-16-18-39-35(20-30)43(21-27-6-8-28(9-7-27)33-14-15-34(48-5)26(3)41-33)36(46)29-10-12-32(13-11-29)49-37(47)42-19-17-31(42)22-45/h14-16,18,20,23,25,27-29,31-32,45H,6-13,17,19,21-22,24H2,1-5H3. The first-order chi connectivity index (χ1) is 23.6. The number of amides is 2. The molecule has 11 nitrogen and oxygen atoms in total. The lowest BCUT2D eigenvalue weighted by Crippen LogP contribution is -2.53. The van der Waals surface area contributed by atoms with Crippen LogP contribution in [0.25, 0.3) is 0 Å². The second kappa shape index (κ2) is 15.0. The van der Waals surface area contributed by atoms with Gasteiger partial charge in [0.05, 0.1) is 32.0 Å². The highest BCUT2D eigenvalue weighted by Crippen LogP contribution is 2.38. The van der Waals surface area contributed by atoms with E-state index >= 15 is 0 Å². The maximum absolute atomic E-state index is 14.5. The van der Waals surface area contributed by atoms with Gasteiger partial charge >= 0.3 is 6.09 Å². The molecule has 1 saturated heterocycles. The summed E-state index contributed by atoms with van der Waals surface area (Å²) in [6.45, 7) is 10.5. The zero-order valence-corrected chi connectivity index (χ0v) is 29.9. The number of nitrogens with zero attached hydrogens (tertiary/aromatic N) is 6. The third-order valence-corrected chi connectivity index (χ3v) is 11.4. The molecular formula is C38H54N6O5. The van der Waals surface area contributed by atoms with Crippen LogP contribution in [0.2, 0.25) is 0 Å². The van der Waals surface area contributed by atoms with Gasteiger partial charge in [0, 0.05) is 54.5 Å². The fraction of sp³-hybridized carbons (Fsp3) is 0.658. The van der Waals surface area contributed by atoms with Crippen LogP contribution in [0.15, 0.2) is 35.6 Å². The number of pyridine rings is 2. The van der Waals surface area contributed by atoms with Gasteiger partial charge in [-0.3, -0.25) is 19.7 Å². The van der Waals surface area contributed by atoms with Gasteiger partial charge in [-0.2, -0.15) is 5.10 Å². The van der Waals surface area contributed by atoms with Crippen LogP contribution in [0.3, 0.4) is 0 Å². The molecule has 2 aromatic heterocycles. The molecule has 0 radical (unpaired) electrons. The number of hydrogen-bond acceptors (Lipinski definition) is 9. The van der Waals surface area contributed by atoms with Gasteiger partial charge in [-0.15, -0.1) is 0 Å². The normalized spacial score (nSPS) is 28.3. The lowest BCUT2D eigenvalue weighted by atomic mass is 9.79. The number of methoxy groups -OCH3 is 1. The number of anilines is 1. The van der Waals surface area contributed by atoms with Crippen LogP contribution < -0.4 is 9.64 Å². The molecule has 6 rings (SSSR count). The number of rotatable bonds is 10. The molecule has 0 spiro atoms. The Morgan fingerprint density at radius 1 is 1.06 bits per heavy atom. The molecular weight excluding hydrogens is 620 g/mol. The van der Waals surface area contributed by atoms with Crippen molar-refractivity contribution >= 4 is 24.0 Å². The van der Waals surface area contributed by atoms with Gasteiger partial charge in [0.25, 0.3) is 0 Å². The first-order valence-corrected chi connectivity index (χ1v) is 18.3. The number of carbonyl (C=O) groups excluding carboxylic acids is 2. The molecule has 0 bridgehead atoms. The second-order valence-corrected chi connectivity index (χ2v) is 15.1. The Labute approximate surface area is 291 Å². The number of aryl methyl sites for hydroxylation is 1. The molecule has 266 valence electrons. The van der Waals surface area contributed by atoms with Crippen molar-refractivity contribution < 1.29 is 24.2 Å². The van der Waals surface area contributed by atoms with E-state index in [1.54, 1.807) is 12.0 Å². The van der Waals surface area contributed by atoms with Gasteiger partial charge in [-0.1, -0.05) is 0 Å². The highest BCUT2D eigenvalue weighted by molar-refractivity contribution is 5.94. The average Bonchev–Trinajstić information content (AvgIpc) is 3.51. The van der Waals surface area contributed by atoms with E-state index in [2.05, 4.69) is 49.1 Å². The minimum Gasteiger partial charge on any atom is -0.495 e. The van der Waals surface area contributed by atoms with E-state index in [-0.39, 0.29) is 42.1 Å². The zero-order chi connectivity index (χ0) is 34.7. The number of aliphatic hydroxyl groups excluding tert-OH is 1. The Kier molecular flexibility index (Phi) is 10.8. The highest BCUT2D eigenvalue weighted by Gasteiger charge is 2.38. The first kappa shape index (κ1) is 35.1. The van der Waals surface area contributed by atoms with E-state index in [0.717, 1.165) is 61.3 Å². The summed E-state index contributed by atoms with van der Waals surface area (Å²) in [5.41, 5.74) is 2.88. The van der Waals surface area contributed by atoms with Crippen LogP contribution in [0.1, 0.15) is 101 Å². The predicted molar refractivity (Wildman–Crippen MR) is 189 cm³/mol. The summed E-state index contributed by atoms with van der Waals surface area (Å²) in [5, 5.41) is 16.3. The molecule has 1 N–H and O–H groups in total. The number of aromatic nitrogens is 2. The van der Waals surface area contributed by atoms with Crippen molar-refractivity contribution in [1.82, 2.24) is 19.9 Å². The third-order valence-electron chi connectivity index (χ3n) is 11.4. The number of hydrazone groups is 1. The minimum absolute atomic E-state index is 0.0387.